The average Bonchev–Trinajstić information content (AvgIpc) is 3.05. The van der Waals surface area contributed by atoms with Gasteiger partial charge in [-0.1, -0.05) is 0 Å². The van der Waals surface area contributed by atoms with Crippen LogP contribution in [0.5, 0.6) is 0 Å². The smallest absolute Gasteiger partial charge is 0.161 e. The zero-order valence-corrected chi connectivity index (χ0v) is 11.2. The van der Waals surface area contributed by atoms with Crippen molar-refractivity contribution in [1.29, 1.82) is 0 Å². The Balaban J connectivity index is 1.84. The van der Waals surface area contributed by atoms with Crippen LogP contribution in [0.2, 0.25) is 0 Å². The first kappa shape index (κ1) is 12.0. The topological polar surface area (TPSA) is 40.7 Å². The molecule has 6 heteroatoms. The van der Waals surface area contributed by atoms with Crippen LogP contribution >= 0.6 is 11.3 Å². The molecule has 1 aliphatic heterocycles. The quantitative estimate of drug-likeness (QED) is 0.723. The van der Waals surface area contributed by atoms with E-state index >= 15 is 0 Å². The second-order valence-electron chi connectivity index (χ2n) is 4.84. The highest BCUT2D eigenvalue weighted by Crippen LogP contribution is 2.31. The first-order chi connectivity index (χ1) is 9.72. The van der Waals surface area contributed by atoms with Crippen LogP contribution in [0.3, 0.4) is 0 Å². The van der Waals surface area contributed by atoms with Gasteiger partial charge in [0.25, 0.3) is 0 Å². The Hall–Kier alpha value is -1.79. The summed E-state index contributed by atoms with van der Waals surface area (Å²) in [5.74, 6) is -1.03. The third kappa shape index (κ3) is 1.76. The predicted octanol–water partition coefficient (Wildman–Crippen LogP) is 3.14. The Labute approximate surface area is 117 Å². The van der Waals surface area contributed by atoms with Crippen LogP contribution in [0, 0.1) is 11.6 Å². The molecule has 0 spiro atoms. The van der Waals surface area contributed by atoms with Gasteiger partial charge in [0.2, 0.25) is 0 Å². The first-order valence-electron chi connectivity index (χ1n) is 6.36. The highest BCUT2D eigenvalue weighted by Gasteiger charge is 2.25. The number of imidazole rings is 1. The first-order valence-corrected chi connectivity index (χ1v) is 7.24. The summed E-state index contributed by atoms with van der Waals surface area (Å²) in [7, 11) is 0. The Morgan fingerprint density at radius 3 is 3.00 bits per heavy atom. The van der Waals surface area contributed by atoms with Gasteiger partial charge in [-0.05, 0) is 23.4 Å². The van der Waals surface area contributed by atoms with E-state index in [4.69, 9.17) is 0 Å². The maximum absolute atomic E-state index is 13.3. The number of rotatable bonds is 1. The number of H-pyrrole nitrogens is 1. The molecule has 0 bridgehead atoms. The van der Waals surface area contributed by atoms with E-state index in [2.05, 4.69) is 26.7 Å². The van der Waals surface area contributed by atoms with Crippen LogP contribution in [-0.4, -0.2) is 16.5 Å². The molecule has 2 N–H and O–H groups in total. The second-order valence-corrected chi connectivity index (χ2v) is 5.84. The Morgan fingerprint density at radius 1 is 1.25 bits per heavy atom. The minimum absolute atomic E-state index is 0.0384. The highest BCUT2D eigenvalue weighted by molar-refractivity contribution is 7.10. The monoisotopic (exact) mass is 291 g/mol. The van der Waals surface area contributed by atoms with Gasteiger partial charge in [0.15, 0.2) is 11.6 Å². The van der Waals surface area contributed by atoms with Crippen molar-refractivity contribution in [2.75, 3.05) is 6.54 Å². The molecule has 0 radical (unpaired) electrons. The number of nitrogens with zero attached hydrogens (tertiary/aromatic N) is 1. The van der Waals surface area contributed by atoms with Crippen LogP contribution in [0.1, 0.15) is 22.3 Å². The molecule has 3 heterocycles. The molecule has 0 amide bonds. The summed E-state index contributed by atoms with van der Waals surface area (Å²) in [6.07, 6.45) is 1.01. The lowest BCUT2D eigenvalue weighted by Crippen LogP contribution is -2.30. The molecular weight excluding hydrogens is 280 g/mol. The van der Waals surface area contributed by atoms with Crippen LogP contribution < -0.4 is 5.32 Å². The van der Waals surface area contributed by atoms with Crippen molar-refractivity contribution in [2.45, 2.75) is 12.5 Å². The largest absolute Gasteiger partial charge is 0.340 e. The van der Waals surface area contributed by atoms with E-state index in [1.165, 1.54) is 10.4 Å². The lowest BCUT2D eigenvalue weighted by molar-refractivity contribution is 0.510. The van der Waals surface area contributed by atoms with Crippen molar-refractivity contribution >= 4 is 22.4 Å². The molecule has 1 aromatic carbocycles. The van der Waals surface area contributed by atoms with E-state index in [1.54, 1.807) is 11.3 Å². The van der Waals surface area contributed by atoms with E-state index in [0.717, 1.165) is 25.1 Å². The molecule has 20 heavy (non-hydrogen) atoms. The minimum Gasteiger partial charge on any atom is -0.340 e. The SMILES string of the molecule is Fc1cc2nc(C3NCCc4sccc43)[nH]c2cc1F. The summed E-state index contributed by atoms with van der Waals surface area (Å²) in [6, 6.07) is 4.31. The van der Waals surface area contributed by atoms with E-state index in [9.17, 15) is 8.78 Å². The molecule has 2 aromatic heterocycles. The number of aromatic nitrogens is 2. The van der Waals surface area contributed by atoms with Gasteiger partial charge in [-0.25, -0.2) is 13.8 Å². The fraction of sp³-hybridized carbons (Fsp3) is 0.214. The molecule has 0 fully saturated rings. The lowest BCUT2D eigenvalue weighted by atomic mass is 10.0. The van der Waals surface area contributed by atoms with Gasteiger partial charge in [0.05, 0.1) is 17.1 Å². The van der Waals surface area contributed by atoms with Gasteiger partial charge in [-0.2, -0.15) is 0 Å². The van der Waals surface area contributed by atoms with Crippen molar-refractivity contribution in [1.82, 2.24) is 15.3 Å². The third-order valence-electron chi connectivity index (χ3n) is 3.61. The van der Waals surface area contributed by atoms with E-state index in [-0.39, 0.29) is 6.04 Å². The van der Waals surface area contributed by atoms with Crippen molar-refractivity contribution in [3.8, 4) is 0 Å². The molecule has 0 aliphatic carbocycles. The molecule has 0 saturated heterocycles. The molecule has 1 atom stereocenters. The molecule has 0 saturated carbocycles. The average molecular weight is 291 g/mol. The van der Waals surface area contributed by atoms with Crippen LogP contribution in [0.25, 0.3) is 11.0 Å². The number of aromatic amines is 1. The number of fused-ring (bicyclic) bond motifs is 2. The van der Waals surface area contributed by atoms with E-state index < -0.39 is 11.6 Å². The van der Waals surface area contributed by atoms with Gasteiger partial charge >= 0.3 is 0 Å². The summed E-state index contributed by atoms with van der Waals surface area (Å²) in [6.45, 7) is 0.873. The normalized spacial score (nSPS) is 18.4. The summed E-state index contributed by atoms with van der Waals surface area (Å²) in [5, 5.41) is 5.46. The molecule has 3 aromatic rings. The molecule has 3 nitrogen and oxygen atoms in total. The van der Waals surface area contributed by atoms with Gasteiger partial charge in [-0.3, -0.25) is 0 Å². The highest BCUT2D eigenvalue weighted by atomic mass is 32.1. The van der Waals surface area contributed by atoms with Crippen molar-refractivity contribution in [3.05, 3.63) is 51.5 Å². The fourth-order valence-electron chi connectivity index (χ4n) is 2.66. The van der Waals surface area contributed by atoms with Crippen molar-refractivity contribution in [3.63, 3.8) is 0 Å². The zero-order chi connectivity index (χ0) is 13.7. The van der Waals surface area contributed by atoms with Crippen molar-refractivity contribution in [2.24, 2.45) is 0 Å². The van der Waals surface area contributed by atoms with Crippen LogP contribution in [0.4, 0.5) is 8.78 Å². The third-order valence-corrected chi connectivity index (χ3v) is 4.60. The van der Waals surface area contributed by atoms with Gasteiger partial charge in [0, 0.05) is 23.6 Å². The van der Waals surface area contributed by atoms with Gasteiger partial charge in [0.1, 0.15) is 5.82 Å². The summed E-state index contributed by atoms with van der Waals surface area (Å²) in [4.78, 5) is 8.82. The molecule has 1 unspecified atom stereocenters. The number of thiophene rings is 1. The maximum Gasteiger partial charge on any atom is 0.161 e. The zero-order valence-electron chi connectivity index (χ0n) is 10.4. The Kier molecular flexibility index (Phi) is 2.61. The number of benzene rings is 1. The number of halogens is 2. The van der Waals surface area contributed by atoms with E-state index in [1.807, 2.05) is 0 Å². The standard InChI is InChI=1S/C14H11F2N3S/c15-8-5-10-11(6-9(8)16)19-14(18-10)13-7-2-4-20-12(7)1-3-17-13/h2,4-6,13,17H,1,3H2,(H,18,19). The fourth-order valence-corrected chi connectivity index (χ4v) is 3.58. The lowest BCUT2D eigenvalue weighted by Gasteiger charge is -2.22. The number of hydrogen-bond acceptors (Lipinski definition) is 3. The minimum atomic E-state index is -0.872. The van der Waals surface area contributed by atoms with Gasteiger partial charge < -0.3 is 10.3 Å². The number of nitrogens with one attached hydrogen (secondary N) is 2. The summed E-state index contributed by atoms with van der Waals surface area (Å²) >= 11 is 1.73. The Bertz CT molecular complexity index is 754. The summed E-state index contributed by atoms with van der Waals surface area (Å²) < 4.78 is 26.5. The summed E-state index contributed by atoms with van der Waals surface area (Å²) in [5.41, 5.74) is 2.16. The molecule has 4 rings (SSSR count). The van der Waals surface area contributed by atoms with Crippen molar-refractivity contribution < 1.29 is 8.78 Å². The van der Waals surface area contributed by atoms with Gasteiger partial charge in [-0.15, -0.1) is 11.3 Å². The predicted molar refractivity (Wildman–Crippen MR) is 73.9 cm³/mol. The molecule has 1 aliphatic rings. The second kappa shape index (κ2) is 4.36. The molecule has 102 valence electrons. The Morgan fingerprint density at radius 2 is 2.10 bits per heavy atom. The number of hydrogen-bond donors (Lipinski definition) is 2. The maximum atomic E-state index is 13.3. The van der Waals surface area contributed by atoms with E-state index in [0.29, 0.717) is 16.9 Å². The van der Waals surface area contributed by atoms with Crippen LogP contribution in [-0.2, 0) is 6.42 Å². The van der Waals surface area contributed by atoms with Crippen LogP contribution in [0.15, 0.2) is 23.6 Å². The molecular formula is C14H11F2N3S.